The van der Waals surface area contributed by atoms with E-state index in [9.17, 15) is 0 Å². The van der Waals surface area contributed by atoms with Crippen LogP contribution >= 0.6 is 0 Å². The van der Waals surface area contributed by atoms with Gasteiger partial charge in [-0.1, -0.05) is 133 Å². The van der Waals surface area contributed by atoms with Crippen molar-refractivity contribution < 1.29 is 0 Å². The Morgan fingerprint density at radius 2 is 0.759 bits per heavy atom. The highest BCUT2D eigenvalue weighted by atomic mass is 15.0. The zero-order chi connectivity index (χ0) is 35.6. The van der Waals surface area contributed by atoms with Crippen LogP contribution in [0.4, 0.5) is 0 Å². The number of fused-ring (bicyclic) bond motifs is 7. The predicted molar refractivity (Wildman–Crippen MR) is 222 cm³/mol. The van der Waals surface area contributed by atoms with Crippen molar-refractivity contribution in [2.75, 3.05) is 0 Å². The molecule has 8 aromatic carbocycles. The molecular formula is C49H31N5. The van der Waals surface area contributed by atoms with E-state index < -0.39 is 0 Å². The Bertz CT molecular complexity index is 3210. The Morgan fingerprint density at radius 1 is 0.278 bits per heavy atom. The van der Waals surface area contributed by atoms with Crippen LogP contribution in [0.15, 0.2) is 188 Å². The topological polar surface area (TPSA) is 48.5 Å². The Balaban J connectivity index is 1.12. The number of aromatic nitrogens is 5. The molecule has 0 saturated heterocycles. The summed E-state index contributed by atoms with van der Waals surface area (Å²) in [6.45, 7) is 0. The minimum Gasteiger partial charge on any atom is -0.309 e. The van der Waals surface area contributed by atoms with Crippen molar-refractivity contribution in [1.29, 1.82) is 0 Å². The van der Waals surface area contributed by atoms with Crippen LogP contribution < -0.4 is 0 Å². The van der Waals surface area contributed by atoms with E-state index in [0.29, 0.717) is 17.5 Å². The van der Waals surface area contributed by atoms with E-state index in [1.54, 1.807) is 0 Å². The third-order valence-corrected chi connectivity index (χ3v) is 10.5. The number of para-hydroxylation sites is 3. The quantitative estimate of drug-likeness (QED) is 0.181. The monoisotopic (exact) mass is 689 g/mol. The van der Waals surface area contributed by atoms with Crippen LogP contribution in [0.25, 0.3) is 99.9 Å². The zero-order valence-corrected chi connectivity index (χ0v) is 29.1. The van der Waals surface area contributed by atoms with E-state index in [-0.39, 0.29) is 0 Å². The highest BCUT2D eigenvalue weighted by Crippen LogP contribution is 2.37. The van der Waals surface area contributed by atoms with Crippen LogP contribution in [0, 0.1) is 0 Å². The van der Waals surface area contributed by atoms with Crippen LogP contribution in [-0.2, 0) is 0 Å². The van der Waals surface area contributed by atoms with E-state index in [2.05, 4.69) is 179 Å². The average molecular weight is 690 g/mol. The second-order valence-electron chi connectivity index (χ2n) is 13.7. The molecule has 0 amide bonds. The zero-order valence-electron chi connectivity index (χ0n) is 29.1. The molecule has 0 aliphatic carbocycles. The molecule has 0 radical (unpaired) electrons. The molecule has 3 heterocycles. The number of hydrogen-bond donors (Lipinski definition) is 0. The molecule has 0 aliphatic heterocycles. The Morgan fingerprint density at radius 3 is 1.48 bits per heavy atom. The molecule has 0 fully saturated rings. The summed E-state index contributed by atoms with van der Waals surface area (Å²) in [5.41, 5.74) is 9.51. The molecule has 0 bridgehead atoms. The van der Waals surface area contributed by atoms with Gasteiger partial charge in [-0.3, -0.25) is 0 Å². The average Bonchev–Trinajstić information content (AvgIpc) is 3.75. The number of benzene rings is 8. The van der Waals surface area contributed by atoms with Crippen molar-refractivity contribution in [2.45, 2.75) is 0 Å². The molecule has 252 valence electrons. The third-order valence-electron chi connectivity index (χ3n) is 10.5. The molecule has 0 N–H and O–H groups in total. The minimum absolute atomic E-state index is 0.621. The van der Waals surface area contributed by atoms with E-state index >= 15 is 0 Å². The summed E-state index contributed by atoms with van der Waals surface area (Å²) in [5, 5.41) is 7.28. The third kappa shape index (κ3) is 4.83. The molecule has 0 unspecified atom stereocenters. The Hall–Kier alpha value is -7.37. The van der Waals surface area contributed by atoms with Crippen LogP contribution in [0.2, 0.25) is 0 Å². The van der Waals surface area contributed by atoms with Gasteiger partial charge in [-0.05, 0) is 65.4 Å². The van der Waals surface area contributed by atoms with Gasteiger partial charge < -0.3 is 9.13 Å². The first-order chi connectivity index (χ1) is 26.8. The first-order valence-electron chi connectivity index (χ1n) is 18.2. The largest absolute Gasteiger partial charge is 0.309 e. The molecule has 54 heavy (non-hydrogen) atoms. The van der Waals surface area contributed by atoms with E-state index in [4.69, 9.17) is 15.0 Å². The molecule has 5 heteroatoms. The summed E-state index contributed by atoms with van der Waals surface area (Å²) in [6.07, 6.45) is 0. The van der Waals surface area contributed by atoms with Crippen LogP contribution in [0.1, 0.15) is 0 Å². The fourth-order valence-electron chi connectivity index (χ4n) is 8.03. The molecule has 5 nitrogen and oxygen atoms in total. The smallest absolute Gasteiger partial charge is 0.164 e. The van der Waals surface area contributed by atoms with Gasteiger partial charge in [-0.2, -0.15) is 0 Å². The molecule has 0 atom stereocenters. The van der Waals surface area contributed by atoms with Gasteiger partial charge in [0.1, 0.15) is 0 Å². The van der Waals surface area contributed by atoms with Gasteiger partial charge in [0.15, 0.2) is 17.5 Å². The van der Waals surface area contributed by atoms with Crippen LogP contribution in [0.3, 0.4) is 0 Å². The van der Waals surface area contributed by atoms with Gasteiger partial charge in [0, 0.05) is 49.6 Å². The second-order valence-corrected chi connectivity index (χ2v) is 13.7. The fourth-order valence-corrected chi connectivity index (χ4v) is 8.03. The number of nitrogens with zero attached hydrogens (tertiary/aromatic N) is 5. The maximum Gasteiger partial charge on any atom is 0.164 e. The summed E-state index contributed by atoms with van der Waals surface area (Å²) >= 11 is 0. The van der Waals surface area contributed by atoms with Crippen molar-refractivity contribution in [3.05, 3.63) is 188 Å². The van der Waals surface area contributed by atoms with Gasteiger partial charge in [-0.25, -0.2) is 15.0 Å². The van der Waals surface area contributed by atoms with E-state index in [0.717, 1.165) is 50.1 Å². The SMILES string of the molecule is c1ccc(-c2nc(-c3cccc(-n4c5ccccc5c5cc6ccccc6cc54)c3)nc(-c3ccc4c5ccccc5n(-c5ccccc5)c4c3)n2)cc1. The van der Waals surface area contributed by atoms with Crippen molar-refractivity contribution >= 4 is 54.4 Å². The summed E-state index contributed by atoms with van der Waals surface area (Å²) in [6, 6.07) is 66.2. The Labute approximate surface area is 311 Å². The van der Waals surface area contributed by atoms with Gasteiger partial charge >= 0.3 is 0 Å². The van der Waals surface area contributed by atoms with Gasteiger partial charge in [0.2, 0.25) is 0 Å². The lowest BCUT2D eigenvalue weighted by molar-refractivity contribution is 1.07. The van der Waals surface area contributed by atoms with Gasteiger partial charge in [0.25, 0.3) is 0 Å². The fraction of sp³-hybridized carbons (Fsp3) is 0. The standard InChI is InChI=1S/C49H31N5/c1-3-14-32(15-4-1)47-50-48(52-49(51-47)36-26-27-41-39-22-9-11-24-43(39)53(45(41)31-36)37-19-5-2-6-20-37)35-18-13-21-38(28-35)54-44-25-12-10-23-40(44)42-29-33-16-7-8-17-34(33)30-46(42)54/h1-31H. The number of hydrogen-bond acceptors (Lipinski definition) is 3. The first kappa shape index (κ1) is 30.3. The van der Waals surface area contributed by atoms with Crippen molar-refractivity contribution in [2.24, 2.45) is 0 Å². The van der Waals surface area contributed by atoms with Crippen LogP contribution in [-0.4, -0.2) is 24.1 Å². The minimum atomic E-state index is 0.621. The maximum absolute atomic E-state index is 5.21. The molecular weight excluding hydrogens is 659 g/mol. The van der Waals surface area contributed by atoms with Crippen molar-refractivity contribution in [1.82, 2.24) is 24.1 Å². The summed E-state index contributed by atoms with van der Waals surface area (Å²) in [4.78, 5) is 15.4. The van der Waals surface area contributed by atoms with Crippen molar-refractivity contribution in [3.8, 4) is 45.5 Å². The summed E-state index contributed by atoms with van der Waals surface area (Å²) in [7, 11) is 0. The highest BCUT2D eigenvalue weighted by Gasteiger charge is 2.18. The summed E-state index contributed by atoms with van der Waals surface area (Å²) in [5.74, 6) is 1.88. The molecule has 3 aromatic heterocycles. The van der Waals surface area contributed by atoms with E-state index in [1.165, 1.54) is 32.3 Å². The Kier molecular flexibility index (Phi) is 6.79. The normalized spacial score (nSPS) is 11.7. The molecule has 0 aliphatic rings. The summed E-state index contributed by atoms with van der Waals surface area (Å²) < 4.78 is 4.68. The first-order valence-corrected chi connectivity index (χ1v) is 18.2. The molecule has 0 spiro atoms. The predicted octanol–water partition coefficient (Wildman–Crippen LogP) is 12.2. The van der Waals surface area contributed by atoms with Crippen LogP contribution in [0.5, 0.6) is 0 Å². The number of rotatable bonds is 5. The second kappa shape index (κ2) is 12.1. The van der Waals surface area contributed by atoms with Gasteiger partial charge in [-0.15, -0.1) is 0 Å². The lowest BCUT2D eigenvalue weighted by Gasteiger charge is -2.12. The lowest BCUT2D eigenvalue weighted by atomic mass is 10.1. The van der Waals surface area contributed by atoms with Crippen molar-refractivity contribution in [3.63, 3.8) is 0 Å². The maximum atomic E-state index is 5.21. The van der Waals surface area contributed by atoms with E-state index in [1.807, 2.05) is 18.2 Å². The van der Waals surface area contributed by atoms with Gasteiger partial charge in [0.05, 0.1) is 22.1 Å². The molecule has 11 aromatic rings. The molecule has 0 saturated carbocycles. The molecule has 11 rings (SSSR count). The lowest BCUT2D eigenvalue weighted by Crippen LogP contribution is -2.01. The highest BCUT2D eigenvalue weighted by molar-refractivity contribution is 6.14.